The van der Waals surface area contributed by atoms with Gasteiger partial charge in [-0.15, -0.1) is 23.1 Å². The fourth-order valence-electron chi connectivity index (χ4n) is 3.93. The minimum atomic E-state index is -1.76. The van der Waals surface area contributed by atoms with E-state index in [4.69, 9.17) is 10.6 Å². The van der Waals surface area contributed by atoms with Crippen molar-refractivity contribution in [3.05, 3.63) is 41.0 Å². The van der Waals surface area contributed by atoms with Crippen LogP contribution in [0.15, 0.2) is 50.5 Å². The predicted molar refractivity (Wildman–Crippen MR) is 154 cm³/mol. The number of fused-ring (bicyclic) bond motifs is 2. The number of amidine groups is 1. The Morgan fingerprint density at radius 1 is 1.43 bits per heavy atom. The summed E-state index contributed by atoms with van der Waals surface area (Å²) in [5.41, 5.74) is 5.10. The number of nitrogens with one attached hydrogen (secondary N) is 2. The quantitative estimate of drug-likeness (QED) is 0.0515. The number of aliphatic carboxylic acids is 2. The zero-order chi connectivity index (χ0) is 30.3. The molecule has 0 spiro atoms. The minimum absolute atomic E-state index is 0.219. The highest BCUT2D eigenvalue weighted by atomic mass is 32.2. The molecule has 2 aromatic rings. The van der Waals surface area contributed by atoms with Gasteiger partial charge in [0, 0.05) is 17.6 Å². The molecule has 1 saturated heterocycles. The number of hydrazine groups is 1. The van der Waals surface area contributed by atoms with Gasteiger partial charge in [0.1, 0.15) is 29.0 Å². The Morgan fingerprint density at radius 3 is 2.86 bits per heavy atom. The number of rotatable bonds is 8. The molecular formula is C23H24N8O7S4. The number of carboxylic acids is 2. The maximum absolute atomic E-state index is 13.2. The SMILES string of the molecule is C[n+]1ccc2sc(SCC3=C(C(=O)[O-])N4C(=O)C(NC(=O)/C(=N/OC(C)(C)C(=O)O)N5C=C(N)SN5)[C@@H]4SC3)nc2c1. The van der Waals surface area contributed by atoms with Crippen LogP contribution in [-0.2, 0) is 31.1 Å². The number of carboxylic acid groups (broad SMARTS) is 2. The zero-order valence-electron chi connectivity index (χ0n) is 22.2. The van der Waals surface area contributed by atoms with Crippen LogP contribution in [0.3, 0.4) is 0 Å². The summed E-state index contributed by atoms with van der Waals surface area (Å²) < 4.78 is 3.65. The van der Waals surface area contributed by atoms with Crippen LogP contribution in [0.1, 0.15) is 13.8 Å². The first kappa shape index (κ1) is 30.0. The highest BCUT2D eigenvalue weighted by molar-refractivity contribution is 8.02. The van der Waals surface area contributed by atoms with Gasteiger partial charge in [0.15, 0.2) is 16.7 Å². The molecule has 0 saturated carbocycles. The molecule has 3 aliphatic rings. The van der Waals surface area contributed by atoms with Crippen LogP contribution in [0.4, 0.5) is 0 Å². The topological polar surface area (TPSA) is 206 Å². The normalized spacial score (nSPS) is 20.8. The van der Waals surface area contributed by atoms with Crippen molar-refractivity contribution >= 4 is 86.6 Å². The maximum atomic E-state index is 13.2. The lowest BCUT2D eigenvalue weighted by Crippen LogP contribution is -2.72. The molecular weight excluding hydrogens is 629 g/mol. The summed E-state index contributed by atoms with van der Waals surface area (Å²) in [6, 6.07) is 0.876. The third-order valence-electron chi connectivity index (χ3n) is 6.17. The third-order valence-corrected chi connectivity index (χ3v) is 10.4. The van der Waals surface area contributed by atoms with Crippen molar-refractivity contribution in [1.82, 2.24) is 25.0 Å². The summed E-state index contributed by atoms with van der Waals surface area (Å²) in [6.45, 7) is 2.49. The Hall–Kier alpha value is -3.52. The highest BCUT2D eigenvalue weighted by Crippen LogP contribution is 2.42. The van der Waals surface area contributed by atoms with Crippen molar-refractivity contribution in [2.45, 2.75) is 35.2 Å². The standard InChI is InChI=1S/C23H24N8O7S4/c1-23(2,21(36)37)38-27-16(30-7-13(24)42-28-30)17(32)26-14-18(33)31-15(20(34)35)10(8-39-19(14)31)9-40-22-25-11-6-29(3)5-4-12(11)41-22/h4-7,14,19,28H,8-9,24H2,1-3H3,(H2-,26,32,34,35,36,37)/b27-16-/t14?,19-/m0/s1. The van der Waals surface area contributed by atoms with Gasteiger partial charge < -0.3 is 30.9 Å². The summed E-state index contributed by atoms with van der Waals surface area (Å²) in [5.74, 6) is -4.16. The molecule has 0 aliphatic carbocycles. The van der Waals surface area contributed by atoms with Gasteiger partial charge in [0.05, 0.1) is 22.6 Å². The second-order valence-electron chi connectivity index (χ2n) is 9.65. The Morgan fingerprint density at radius 2 is 2.19 bits per heavy atom. The average Bonchev–Trinajstić information content (AvgIpc) is 3.54. The lowest BCUT2D eigenvalue weighted by Gasteiger charge is -2.50. The number of amides is 2. The van der Waals surface area contributed by atoms with Gasteiger partial charge in [0.2, 0.25) is 5.60 Å². The molecule has 2 aromatic heterocycles. The Kier molecular flexibility index (Phi) is 8.30. The Bertz CT molecular complexity index is 1590. The number of thioether (sulfide) groups is 2. The van der Waals surface area contributed by atoms with E-state index in [2.05, 4.69) is 20.3 Å². The van der Waals surface area contributed by atoms with Gasteiger partial charge >= 0.3 is 5.97 Å². The number of aryl methyl sites for hydroxylation is 1. The Labute approximate surface area is 255 Å². The molecule has 0 bridgehead atoms. The van der Waals surface area contributed by atoms with Crippen molar-refractivity contribution in [2.24, 2.45) is 17.9 Å². The number of hydrogen-bond acceptors (Lipinski definition) is 14. The van der Waals surface area contributed by atoms with Gasteiger partial charge in [-0.3, -0.25) is 14.5 Å². The van der Waals surface area contributed by atoms with Crippen LogP contribution in [-0.4, -0.2) is 78.1 Å². The smallest absolute Gasteiger partial charge is 0.350 e. The molecule has 2 amide bonds. The van der Waals surface area contributed by atoms with Crippen LogP contribution >= 0.6 is 46.8 Å². The number of nitrogens with two attached hydrogens (primary N) is 1. The van der Waals surface area contributed by atoms with Crippen molar-refractivity contribution in [1.29, 1.82) is 0 Å². The number of thiazole rings is 1. The first-order valence-corrected chi connectivity index (χ1v) is 15.8. The van der Waals surface area contributed by atoms with Gasteiger partial charge in [-0.2, -0.15) is 4.83 Å². The molecule has 1 fully saturated rings. The fourth-order valence-corrected chi connectivity index (χ4v) is 7.95. The van der Waals surface area contributed by atoms with E-state index in [1.165, 1.54) is 54.9 Å². The lowest BCUT2D eigenvalue weighted by atomic mass is 10.0. The lowest BCUT2D eigenvalue weighted by molar-refractivity contribution is -0.670. The molecule has 5 rings (SSSR count). The number of carbonyl (C=O) groups is 4. The molecule has 5 heterocycles. The molecule has 5 N–H and O–H groups in total. The summed E-state index contributed by atoms with van der Waals surface area (Å²) in [6.07, 6.45) is 5.14. The monoisotopic (exact) mass is 652 g/mol. The zero-order valence-corrected chi connectivity index (χ0v) is 25.5. The van der Waals surface area contributed by atoms with E-state index in [-0.39, 0.29) is 22.2 Å². The summed E-state index contributed by atoms with van der Waals surface area (Å²) in [7, 11) is 1.90. The molecule has 1 unspecified atom stereocenters. The van der Waals surface area contributed by atoms with Gasteiger partial charge in [0.25, 0.3) is 17.6 Å². The second-order valence-corrected chi connectivity index (χ2v) is 13.9. The van der Waals surface area contributed by atoms with E-state index in [0.29, 0.717) is 5.57 Å². The second kappa shape index (κ2) is 11.6. The molecule has 2 atom stereocenters. The van der Waals surface area contributed by atoms with Crippen LogP contribution in [0.2, 0.25) is 0 Å². The van der Waals surface area contributed by atoms with Gasteiger partial charge in [-0.25, -0.2) is 19.4 Å². The van der Waals surface area contributed by atoms with Gasteiger partial charge in [-0.1, -0.05) is 16.9 Å². The number of pyridine rings is 1. The van der Waals surface area contributed by atoms with E-state index in [1.807, 2.05) is 30.1 Å². The molecule has 3 aliphatic heterocycles. The molecule has 222 valence electrons. The number of hydrogen-bond donors (Lipinski definition) is 4. The minimum Gasteiger partial charge on any atom is -0.543 e. The summed E-state index contributed by atoms with van der Waals surface area (Å²) in [4.78, 5) is 63.5. The predicted octanol–water partition coefficient (Wildman–Crippen LogP) is -0.964. The van der Waals surface area contributed by atoms with Crippen LogP contribution < -0.4 is 25.6 Å². The van der Waals surface area contributed by atoms with Crippen LogP contribution in [0.25, 0.3) is 10.2 Å². The third kappa shape index (κ3) is 5.87. The van der Waals surface area contributed by atoms with E-state index >= 15 is 0 Å². The molecule has 0 radical (unpaired) electrons. The number of oxime groups is 1. The molecule has 42 heavy (non-hydrogen) atoms. The summed E-state index contributed by atoms with van der Waals surface area (Å²) >= 11 is 5.13. The van der Waals surface area contributed by atoms with Crippen LogP contribution in [0.5, 0.6) is 0 Å². The number of carbonyl (C=O) groups excluding carboxylic acids is 3. The van der Waals surface area contributed by atoms with E-state index in [9.17, 15) is 29.4 Å². The fraction of sp³-hybridized carbons (Fsp3) is 0.348. The number of β-lactam (4-membered cyclic amide) rings is 1. The molecule has 15 nitrogen and oxygen atoms in total. The van der Waals surface area contributed by atoms with E-state index in [0.717, 1.165) is 36.4 Å². The first-order chi connectivity index (χ1) is 19.9. The van der Waals surface area contributed by atoms with Crippen molar-refractivity contribution < 1.29 is 38.8 Å². The average molecular weight is 653 g/mol. The number of aromatic nitrogens is 2. The first-order valence-electron chi connectivity index (χ1n) is 12.1. The molecule has 0 aromatic carbocycles. The van der Waals surface area contributed by atoms with Crippen molar-refractivity contribution in [3.8, 4) is 0 Å². The van der Waals surface area contributed by atoms with Gasteiger partial charge in [-0.05, 0) is 31.4 Å². The van der Waals surface area contributed by atoms with Crippen LogP contribution in [0, 0.1) is 0 Å². The highest BCUT2D eigenvalue weighted by Gasteiger charge is 2.53. The molecule has 19 heteroatoms. The van der Waals surface area contributed by atoms with E-state index in [1.54, 1.807) is 0 Å². The largest absolute Gasteiger partial charge is 0.543 e. The Balaban J connectivity index is 1.31. The summed E-state index contributed by atoms with van der Waals surface area (Å²) in [5, 5.41) is 28.5. The maximum Gasteiger partial charge on any atom is 0.350 e. The van der Waals surface area contributed by atoms with Crippen molar-refractivity contribution in [2.75, 3.05) is 11.5 Å². The van der Waals surface area contributed by atoms with Crippen molar-refractivity contribution in [3.63, 3.8) is 0 Å². The van der Waals surface area contributed by atoms with E-state index < -0.39 is 46.6 Å². The number of nitrogens with zero attached hydrogens (tertiary/aromatic N) is 5.